The number of hydrogen-bond donors (Lipinski definition) is 1. The predicted molar refractivity (Wildman–Crippen MR) is 77.6 cm³/mol. The van der Waals surface area contributed by atoms with Crippen molar-refractivity contribution >= 4 is 11.3 Å². The van der Waals surface area contributed by atoms with E-state index >= 15 is 0 Å². The fourth-order valence-corrected chi connectivity index (χ4v) is 2.64. The Labute approximate surface area is 119 Å². The van der Waals surface area contributed by atoms with Crippen LogP contribution in [0.2, 0.25) is 0 Å². The maximum Gasteiger partial charge on any atom is 0.294 e. The molecule has 108 valence electrons. The average molecular weight is 284 g/mol. The summed E-state index contributed by atoms with van der Waals surface area (Å²) in [4.78, 5) is 2.33. The SMILES string of the molecule is CN1CCC(Oc2nnc(CNC(C)(C)C)s2)CC1. The lowest BCUT2D eigenvalue weighted by molar-refractivity contribution is 0.113. The summed E-state index contributed by atoms with van der Waals surface area (Å²) in [5.41, 5.74) is 0.0979. The minimum absolute atomic E-state index is 0.0979. The minimum atomic E-state index is 0.0979. The molecule has 19 heavy (non-hydrogen) atoms. The number of aromatic nitrogens is 2. The van der Waals surface area contributed by atoms with E-state index < -0.39 is 0 Å². The molecule has 0 unspecified atom stereocenters. The molecule has 0 amide bonds. The number of likely N-dealkylation sites (tertiary alicyclic amines) is 1. The highest BCUT2D eigenvalue weighted by atomic mass is 32.1. The summed E-state index contributed by atoms with van der Waals surface area (Å²) in [6.45, 7) is 9.37. The van der Waals surface area contributed by atoms with Crippen molar-refractivity contribution in [1.29, 1.82) is 0 Å². The maximum atomic E-state index is 5.91. The van der Waals surface area contributed by atoms with Gasteiger partial charge in [0, 0.05) is 18.6 Å². The Morgan fingerprint density at radius 1 is 1.32 bits per heavy atom. The molecule has 0 saturated carbocycles. The smallest absolute Gasteiger partial charge is 0.294 e. The van der Waals surface area contributed by atoms with Gasteiger partial charge in [0.1, 0.15) is 11.1 Å². The molecule has 1 fully saturated rings. The average Bonchev–Trinajstić information content (AvgIpc) is 2.77. The minimum Gasteiger partial charge on any atom is -0.466 e. The zero-order valence-corrected chi connectivity index (χ0v) is 13.1. The van der Waals surface area contributed by atoms with E-state index in [1.54, 1.807) is 11.3 Å². The van der Waals surface area contributed by atoms with Gasteiger partial charge >= 0.3 is 0 Å². The molecule has 1 aliphatic rings. The molecule has 0 bridgehead atoms. The van der Waals surface area contributed by atoms with Crippen molar-refractivity contribution in [3.63, 3.8) is 0 Å². The van der Waals surface area contributed by atoms with Gasteiger partial charge in [-0.1, -0.05) is 16.4 Å². The van der Waals surface area contributed by atoms with E-state index in [-0.39, 0.29) is 5.54 Å². The normalized spacial score (nSPS) is 18.7. The van der Waals surface area contributed by atoms with E-state index in [4.69, 9.17) is 4.74 Å². The summed E-state index contributed by atoms with van der Waals surface area (Å²) in [6, 6.07) is 0. The van der Waals surface area contributed by atoms with Gasteiger partial charge in [0.2, 0.25) is 0 Å². The van der Waals surface area contributed by atoms with Gasteiger partial charge in [-0.25, -0.2) is 0 Å². The van der Waals surface area contributed by atoms with E-state index in [0.717, 1.165) is 37.5 Å². The molecule has 1 aromatic rings. The third kappa shape index (κ3) is 5.04. The molecule has 1 aromatic heterocycles. The number of nitrogens with zero attached hydrogens (tertiary/aromatic N) is 3. The first kappa shape index (κ1) is 14.7. The van der Waals surface area contributed by atoms with E-state index in [1.807, 2.05) is 0 Å². The molecule has 0 spiro atoms. The van der Waals surface area contributed by atoms with Gasteiger partial charge < -0.3 is 15.0 Å². The third-order valence-electron chi connectivity index (χ3n) is 3.15. The first-order valence-electron chi connectivity index (χ1n) is 6.85. The van der Waals surface area contributed by atoms with Crippen LogP contribution in [0.5, 0.6) is 5.19 Å². The summed E-state index contributed by atoms with van der Waals surface area (Å²) < 4.78 is 5.91. The van der Waals surface area contributed by atoms with Gasteiger partial charge in [0.25, 0.3) is 5.19 Å². The van der Waals surface area contributed by atoms with Gasteiger partial charge in [0.05, 0.1) is 6.54 Å². The number of rotatable bonds is 4. The van der Waals surface area contributed by atoms with Gasteiger partial charge in [-0.3, -0.25) is 0 Å². The van der Waals surface area contributed by atoms with Gasteiger partial charge in [-0.15, -0.1) is 5.10 Å². The molecule has 1 N–H and O–H groups in total. The Morgan fingerprint density at radius 3 is 2.63 bits per heavy atom. The summed E-state index contributed by atoms with van der Waals surface area (Å²) in [7, 11) is 2.15. The predicted octanol–water partition coefficient (Wildman–Crippen LogP) is 1.90. The Hall–Kier alpha value is -0.720. The molecule has 2 heterocycles. The fraction of sp³-hybridized carbons (Fsp3) is 0.846. The molecule has 1 saturated heterocycles. The van der Waals surface area contributed by atoms with E-state index in [0.29, 0.717) is 11.3 Å². The first-order valence-corrected chi connectivity index (χ1v) is 7.67. The second-order valence-electron chi connectivity index (χ2n) is 6.19. The van der Waals surface area contributed by atoms with Crippen LogP contribution in [0.15, 0.2) is 0 Å². The molecule has 0 aliphatic carbocycles. The lowest BCUT2D eigenvalue weighted by Gasteiger charge is -2.28. The summed E-state index contributed by atoms with van der Waals surface area (Å²) in [6.07, 6.45) is 2.45. The Bertz CT molecular complexity index is 394. The molecular formula is C13H24N4OS. The lowest BCUT2D eigenvalue weighted by Crippen LogP contribution is -2.35. The number of hydrogen-bond acceptors (Lipinski definition) is 6. The van der Waals surface area contributed by atoms with E-state index in [9.17, 15) is 0 Å². The zero-order valence-electron chi connectivity index (χ0n) is 12.3. The van der Waals surface area contributed by atoms with Crippen molar-refractivity contribution in [3.05, 3.63) is 5.01 Å². The van der Waals surface area contributed by atoms with E-state index in [1.165, 1.54) is 0 Å². The van der Waals surface area contributed by atoms with Crippen LogP contribution in [0.3, 0.4) is 0 Å². The third-order valence-corrected chi connectivity index (χ3v) is 3.97. The molecule has 2 rings (SSSR count). The molecule has 6 heteroatoms. The molecule has 0 aromatic carbocycles. The van der Waals surface area contributed by atoms with Crippen molar-refractivity contribution in [2.45, 2.75) is 51.8 Å². The molecule has 1 aliphatic heterocycles. The largest absolute Gasteiger partial charge is 0.466 e. The van der Waals surface area contributed by atoms with Crippen molar-refractivity contribution < 1.29 is 4.74 Å². The maximum absolute atomic E-state index is 5.91. The van der Waals surface area contributed by atoms with Gasteiger partial charge in [0.15, 0.2) is 0 Å². The lowest BCUT2D eigenvalue weighted by atomic mass is 10.1. The highest BCUT2D eigenvalue weighted by Gasteiger charge is 2.20. The molecule has 0 radical (unpaired) electrons. The van der Waals surface area contributed by atoms with Crippen molar-refractivity contribution in [3.8, 4) is 5.19 Å². The van der Waals surface area contributed by atoms with E-state index in [2.05, 4.69) is 48.2 Å². The van der Waals surface area contributed by atoms with Crippen molar-refractivity contribution in [1.82, 2.24) is 20.4 Å². The fourth-order valence-electron chi connectivity index (χ4n) is 1.94. The van der Waals surface area contributed by atoms with Crippen LogP contribution >= 0.6 is 11.3 Å². The summed E-state index contributed by atoms with van der Waals surface area (Å²) in [5, 5.41) is 13.4. The second-order valence-corrected chi connectivity index (χ2v) is 7.21. The Kier molecular flexibility index (Phi) is 4.76. The van der Waals surface area contributed by atoms with Crippen LogP contribution in [0.1, 0.15) is 38.6 Å². The highest BCUT2D eigenvalue weighted by molar-refractivity contribution is 7.13. The van der Waals surface area contributed by atoms with Gasteiger partial charge in [-0.05, 0) is 40.7 Å². The molecular weight excluding hydrogens is 260 g/mol. The zero-order chi connectivity index (χ0) is 13.9. The van der Waals surface area contributed by atoms with Crippen LogP contribution in [0.25, 0.3) is 0 Å². The standard InChI is InChI=1S/C13H24N4OS/c1-13(2,3)14-9-11-15-16-12(19-11)18-10-5-7-17(4)8-6-10/h10,14H,5-9H2,1-4H3. The topological polar surface area (TPSA) is 50.3 Å². The van der Waals surface area contributed by atoms with Crippen LogP contribution in [0.4, 0.5) is 0 Å². The molecule has 0 atom stereocenters. The Morgan fingerprint density at radius 2 is 2.00 bits per heavy atom. The first-order chi connectivity index (χ1) is 8.92. The van der Waals surface area contributed by atoms with Crippen LogP contribution in [0, 0.1) is 0 Å². The van der Waals surface area contributed by atoms with Crippen LogP contribution < -0.4 is 10.1 Å². The number of piperidine rings is 1. The highest BCUT2D eigenvalue weighted by Crippen LogP contribution is 2.22. The summed E-state index contributed by atoms with van der Waals surface area (Å²) in [5.74, 6) is 0. The number of nitrogens with one attached hydrogen (secondary N) is 1. The van der Waals surface area contributed by atoms with Crippen LogP contribution in [-0.4, -0.2) is 46.9 Å². The van der Waals surface area contributed by atoms with Gasteiger partial charge in [-0.2, -0.15) is 0 Å². The van der Waals surface area contributed by atoms with Crippen LogP contribution in [-0.2, 0) is 6.54 Å². The Balaban J connectivity index is 1.80. The number of ether oxygens (including phenoxy) is 1. The molecule has 5 nitrogen and oxygen atoms in total. The quantitative estimate of drug-likeness (QED) is 0.915. The summed E-state index contributed by atoms with van der Waals surface area (Å²) >= 11 is 1.55. The van der Waals surface area contributed by atoms with Crippen molar-refractivity contribution in [2.24, 2.45) is 0 Å². The second kappa shape index (κ2) is 6.15. The monoisotopic (exact) mass is 284 g/mol. The van der Waals surface area contributed by atoms with Crippen molar-refractivity contribution in [2.75, 3.05) is 20.1 Å².